The fourth-order valence-electron chi connectivity index (χ4n) is 3.76. The number of amides is 1. The Hall–Kier alpha value is -4.17. The number of thioether (sulfide) groups is 1. The van der Waals surface area contributed by atoms with Crippen molar-refractivity contribution >= 4 is 39.8 Å². The third-order valence-electron chi connectivity index (χ3n) is 5.80. The molecule has 0 bridgehead atoms. The molecule has 0 spiro atoms. The van der Waals surface area contributed by atoms with E-state index in [-0.39, 0.29) is 18.0 Å². The van der Waals surface area contributed by atoms with Crippen LogP contribution in [0.5, 0.6) is 11.5 Å². The predicted octanol–water partition coefficient (Wildman–Crippen LogP) is 5.58. The number of aliphatic imine (C=N–C) groups is 1. The van der Waals surface area contributed by atoms with Gasteiger partial charge in [0.1, 0.15) is 29.8 Å². The number of rotatable bonds is 7. The quantitative estimate of drug-likeness (QED) is 0.432. The van der Waals surface area contributed by atoms with Crippen LogP contribution in [0.3, 0.4) is 0 Å². The number of hydrazone groups is 1. The summed E-state index contributed by atoms with van der Waals surface area (Å²) in [5.41, 5.74) is 4.09. The minimum absolute atomic E-state index is 0.0305. The number of benzene rings is 3. The molecule has 0 saturated heterocycles. The van der Waals surface area contributed by atoms with Crippen LogP contribution in [-0.4, -0.2) is 33.6 Å². The van der Waals surface area contributed by atoms with E-state index in [0.717, 1.165) is 22.4 Å². The van der Waals surface area contributed by atoms with Gasteiger partial charge in [0.15, 0.2) is 5.84 Å². The third kappa shape index (κ3) is 4.94. The lowest BCUT2D eigenvalue weighted by Crippen LogP contribution is -2.35. The van der Waals surface area contributed by atoms with Gasteiger partial charge in [-0.25, -0.2) is 0 Å². The van der Waals surface area contributed by atoms with Crippen LogP contribution in [0.1, 0.15) is 22.3 Å². The van der Waals surface area contributed by atoms with E-state index in [9.17, 15) is 4.79 Å². The van der Waals surface area contributed by atoms with Gasteiger partial charge in [-0.1, -0.05) is 60.7 Å². The summed E-state index contributed by atoms with van der Waals surface area (Å²) in [6, 6.07) is 23.2. The number of para-hydroxylation sites is 2. The Morgan fingerprint density at radius 1 is 0.889 bits per heavy atom. The number of carbonyl (C=O) groups excluding carboxylic acids is 1. The molecule has 1 amide bonds. The summed E-state index contributed by atoms with van der Waals surface area (Å²) in [5, 5.41) is 15.5. The summed E-state index contributed by atoms with van der Waals surface area (Å²) < 4.78 is 12.0. The maximum Gasteiger partial charge on any atom is 0.283 e. The first-order chi connectivity index (χ1) is 17.5. The van der Waals surface area contributed by atoms with Gasteiger partial charge in [-0.05, 0) is 60.5 Å². The maximum absolute atomic E-state index is 12.9. The van der Waals surface area contributed by atoms with E-state index in [4.69, 9.17) is 14.9 Å². The largest absolute Gasteiger partial charge is 0.488 e. The fraction of sp³-hybridized carbons (Fsp3) is 0.143. The van der Waals surface area contributed by atoms with Gasteiger partial charge in [0.05, 0.1) is 5.57 Å². The second kappa shape index (κ2) is 10.2. The van der Waals surface area contributed by atoms with E-state index < -0.39 is 5.91 Å². The average molecular weight is 497 g/mol. The van der Waals surface area contributed by atoms with Crippen molar-refractivity contribution in [1.29, 1.82) is 5.41 Å². The van der Waals surface area contributed by atoms with E-state index in [1.165, 1.54) is 16.8 Å². The van der Waals surface area contributed by atoms with Gasteiger partial charge in [0.2, 0.25) is 5.17 Å². The van der Waals surface area contributed by atoms with Crippen LogP contribution < -0.4 is 9.47 Å². The Kier molecular flexibility index (Phi) is 6.69. The van der Waals surface area contributed by atoms with Crippen molar-refractivity contribution in [3.8, 4) is 11.5 Å². The minimum atomic E-state index is -0.483. The third-order valence-corrected chi connectivity index (χ3v) is 6.69. The van der Waals surface area contributed by atoms with E-state index in [1.807, 2.05) is 86.6 Å². The van der Waals surface area contributed by atoms with Gasteiger partial charge in [0.25, 0.3) is 5.91 Å². The van der Waals surface area contributed by atoms with Crippen LogP contribution in [0.4, 0.5) is 0 Å². The number of nitrogens with one attached hydrogen (secondary N) is 1. The van der Waals surface area contributed by atoms with Crippen molar-refractivity contribution in [3.05, 3.63) is 101 Å². The molecule has 0 radical (unpaired) electrons. The number of hydrogen-bond acceptors (Lipinski definition) is 6. The monoisotopic (exact) mass is 496 g/mol. The van der Waals surface area contributed by atoms with Crippen LogP contribution in [-0.2, 0) is 11.4 Å². The Bertz CT molecular complexity index is 1440. The zero-order chi connectivity index (χ0) is 25.1. The molecule has 2 aliphatic rings. The highest BCUT2D eigenvalue weighted by molar-refractivity contribution is 8.27. The SMILES string of the molecule is Cc1ccccc1COc1ccccc1/C=C1/C(=N)N2N=C(COc3ccccc3C)SC2=NC1=O. The molecule has 0 unspecified atom stereocenters. The molecule has 0 saturated carbocycles. The normalized spacial score (nSPS) is 16.1. The Morgan fingerprint density at radius 3 is 2.33 bits per heavy atom. The molecule has 5 rings (SSSR count). The molecule has 7 nitrogen and oxygen atoms in total. The second-order valence-corrected chi connectivity index (χ2v) is 9.36. The molecular weight excluding hydrogens is 472 g/mol. The molecule has 0 aliphatic carbocycles. The zero-order valence-electron chi connectivity index (χ0n) is 19.9. The molecule has 2 aliphatic heterocycles. The number of ether oxygens (including phenoxy) is 2. The highest BCUT2D eigenvalue weighted by Crippen LogP contribution is 2.30. The van der Waals surface area contributed by atoms with Crippen molar-refractivity contribution < 1.29 is 14.3 Å². The van der Waals surface area contributed by atoms with Crippen LogP contribution in [0.2, 0.25) is 0 Å². The van der Waals surface area contributed by atoms with Crippen LogP contribution in [0.25, 0.3) is 6.08 Å². The zero-order valence-corrected chi connectivity index (χ0v) is 20.7. The van der Waals surface area contributed by atoms with Crippen molar-refractivity contribution in [2.75, 3.05) is 6.61 Å². The number of amidine groups is 2. The summed E-state index contributed by atoms with van der Waals surface area (Å²) in [6.07, 6.45) is 1.64. The summed E-state index contributed by atoms with van der Waals surface area (Å²) in [5.74, 6) is 0.873. The van der Waals surface area contributed by atoms with Gasteiger partial charge < -0.3 is 9.47 Å². The molecule has 0 atom stereocenters. The lowest BCUT2D eigenvalue weighted by Gasteiger charge is -2.20. The van der Waals surface area contributed by atoms with Crippen molar-refractivity contribution in [3.63, 3.8) is 0 Å². The van der Waals surface area contributed by atoms with Crippen LogP contribution >= 0.6 is 11.8 Å². The van der Waals surface area contributed by atoms with Crippen molar-refractivity contribution in [2.45, 2.75) is 20.5 Å². The molecule has 180 valence electrons. The first kappa shape index (κ1) is 23.6. The molecule has 3 aromatic rings. The summed E-state index contributed by atoms with van der Waals surface area (Å²) in [4.78, 5) is 17.0. The summed E-state index contributed by atoms with van der Waals surface area (Å²) in [6.45, 7) is 4.64. The Labute approximate surface area is 213 Å². The van der Waals surface area contributed by atoms with E-state index in [0.29, 0.717) is 28.1 Å². The molecule has 36 heavy (non-hydrogen) atoms. The maximum atomic E-state index is 12.9. The molecule has 8 heteroatoms. The van der Waals surface area contributed by atoms with Gasteiger partial charge >= 0.3 is 0 Å². The Balaban J connectivity index is 1.34. The fourth-order valence-corrected chi connectivity index (χ4v) is 4.56. The second-order valence-electron chi connectivity index (χ2n) is 8.32. The standard InChI is InChI=1S/C28H24N4O3S/c1-18-9-3-5-12-21(18)16-34-24-14-8-6-11-20(24)15-22-26(29)32-28(30-27(22)33)36-25(31-32)17-35-23-13-7-4-10-19(23)2/h3-15,29H,16-17H2,1-2H3/b22-15-,29-26?. The van der Waals surface area contributed by atoms with Crippen LogP contribution in [0, 0.1) is 19.3 Å². The minimum Gasteiger partial charge on any atom is -0.488 e. The van der Waals surface area contributed by atoms with Gasteiger partial charge in [0, 0.05) is 5.56 Å². The first-order valence-corrected chi connectivity index (χ1v) is 12.2. The molecule has 3 aromatic carbocycles. The van der Waals surface area contributed by atoms with E-state index >= 15 is 0 Å². The molecular formula is C28H24N4O3S. The van der Waals surface area contributed by atoms with Gasteiger partial charge in [-0.2, -0.15) is 15.1 Å². The number of fused-ring (bicyclic) bond motifs is 1. The lowest BCUT2D eigenvalue weighted by atomic mass is 10.1. The lowest BCUT2D eigenvalue weighted by molar-refractivity contribution is -0.114. The number of nitrogens with zero attached hydrogens (tertiary/aromatic N) is 3. The average Bonchev–Trinajstić information content (AvgIpc) is 3.29. The topological polar surface area (TPSA) is 87.3 Å². The summed E-state index contributed by atoms with van der Waals surface area (Å²) in [7, 11) is 0. The first-order valence-electron chi connectivity index (χ1n) is 11.4. The van der Waals surface area contributed by atoms with E-state index in [2.05, 4.69) is 10.1 Å². The summed E-state index contributed by atoms with van der Waals surface area (Å²) >= 11 is 1.23. The van der Waals surface area contributed by atoms with Gasteiger partial charge in [-0.3, -0.25) is 10.2 Å². The highest BCUT2D eigenvalue weighted by Gasteiger charge is 2.36. The number of hydrogen-bond donors (Lipinski definition) is 1. The molecule has 0 fully saturated rings. The smallest absolute Gasteiger partial charge is 0.283 e. The van der Waals surface area contributed by atoms with Crippen molar-refractivity contribution in [1.82, 2.24) is 5.01 Å². The predicted molar refractivity (Wildman–Crippen MR) is 144 cm³/mol. The highest BCUT2D eigenvalue weighted by atomic mass is 32.2. The molecule has 1 N–H and O–H groups in total. The van der Waals surface area contributed by atoms with Gasteiger partial charge in [-0.15, -0.1) is 0 Å². The Morgan fingerprint density at radius 2 is 1.56 bits per heavy atom. The number of aryl methyl sites for hydroxylation is 2. The number of carbonyl (C=O) groups is 1. The van der Waals surface area contributed by atoms with Crippen molar-refractivity contribution in [2.24, 2.45) is 10.1 Å². The van der Waals surface area contributed by atoms with E-state index in [1.54, 1.807) is 6.08 Å². The molecule has 0 aromatic heterocycles. The van der Waals surface area contributed by atoms with Crippen LogP contribution in [0.15, 0.2) is 88.5 Å². The molecule has 2 heterocycles.